The van der Waals surface area contributed by atoms with Gasteiger partial charge in [-0.3, -0.25) is 14.4 Å². The number of amides is 3. The zero-order valence-electron chi connectivity index (χ0n) is 17.9. The van der Waals surface area contributed by atoms with Gasteiger partial charge in [-0.1, -0.05) is 19.9 Å². The summed E-state index contributed by atoms with van der Waals surface area (Å²) in [5.74, 6) is -0.112. The SMILES string of the molecule is CC(C)CC(=O)Nc1ccc(NC(=O)CNc2cccc(C(=O)NC(C)C)c2)cc1. The summed E-state index contributed by atoms with van der Waals surface area (Å²) in [6, 6.07) is 14.0. The Morgan fingerprint density at radius 2 is 1.40 bits per heavy atom. The van der Waals surface area contributed by atoms with Crippen molar-refractivity contribution in [1.82, 2.24) is 5.32 Å². The monoisotopic (exact) mass is 410 g/mol. The van der Waals surface area contributed by atoms with Crippen LogP contribution in [0, 0.1) is 5.92 Å². The molecule has 0 aliphatic rings. The van der Waals surface area contributed by atoms with Crippen molar-refractivity contribution < 1.29 is 14.4 Å². The van der Waals surface area contributed by atoms with Gasteiger partial charge in [0.2, 0.25) is 11.8 Å². The molecule has 0 radical (unpaired) electrons. The van der Waals surface area contributed by atoms with Gasteiger partial charge in [0.25, 0.3) is 5.91 Å². The molecule has 0 aromatic heterocycles. The average Bonchev–Trinajstić information content (AvgIpc) is 2.67. The quantitative estimate of drug-likeness (QED) is 0.504. The number of hydrogen-bond acceptors (Lipinski definition) is 4. The van der Waals surface area contributed by atoms with Crippen LogP contribution in [0.15, 0.2) is 48.5 Å². The number of nitrogens with one attached hydrogen (secondary N) is 4. The lowest BCUT2D eigenvalue weighted by Gasteiger charge is -2.11. The fraction of sp³-hybridized carbons (Fsp3) is 0.348. The normalized spacial score (nSPS) is 10.6. The summed E-state index contributed by atoms with van der Waals surface area (Å²) >= 11 is 0. The van der Waals surface area contributed by atoms with Crippen molar-refractivity contribution in [3.05, 3.63) is 54.1 Å². The molecule has 7 nitrogen and oxygen atoms in total. The van der Waals surface area contributed by atoms with E-state index in [2.05, 4.69) is 21.3 Å². The van der Waals surface area contributed by atoms with E-state index < -0.39 is 0 Å². The molecule has 2 aromatic rings. The van der Waals surface area contributed by atoms with Crippen molar-refractivity contribution in [2.75, 3.05) is 22.5 Å². The Bertz CT molecular complexity index is 876. The highest BCUT2D eigenvalue weighted by molar-refractivity contribution is 5.96. The predicted molar refractivity (Wildman–Crippen MR) is 121 cm³/mol. The molecular formula is C23H30N4O3. The maximum Gasteiger partial charge on any atom is 0.251 e. The van der Waals surface area contributed by atoms with Crippen LogP contribution >= 0.6 is 0 Å². The Balaban J connectivity index is 1.85. The van der Waals surface area contributed by atoms with E-state index in [0.29, 0.717) is 35.0 Å². The Labute approximate surface area is 177 Å². The first kappa shape index (κ1) is 22.9. The standard InChI is InChI=1S/C23H30N4O3/c1-15(2)12-21(28)26-18-8-10-19(11-9-18)27-22(29)14-24-20-7-5-6-17(13-20)23(30)25-16(3)4/h5-11,13,15-16,24H,12,14H2,1-4H3,(H,25,30)(H,26,28)(H,27,29). The molecule has 0 aliphatic heterocycles. The number of rotatable bonds is 9. The van der Waals surface area contributed by atoms with Crippen LogP contribution in [-0.4, -0.2) is 30.3 Å². The third-order valence-corrected chi connectivity index (χ3v) is 4.04. The topological polar surface area (TPSA) is 99.3 Å². The zero-order chi connectivity index (χ0) is 22.1. The van der Waals surface area contributed by atoms with Crippen molar-refractivity contribution in [2.24, 2.45) is 5.92 Å². The van der Waals surface area contributed by atoms with Crippen molar-refractivity contribution in [1.29, 1.82) is 0 Å². The summed E-state index contributed by atoms with van der Waals surface area (Å²) in [6.45, 7) is 7.83. The van der Waals surface area contributed by atoms with Gasteiger partial charge < -0.3 is 21.3 Å². The van der Waals surface area contributed by atoms with Gasteiger partial charge in [-0.2, -0.15) is 0 Å². The Kier molecular flexibility index (Phi) is 8.41. The summed E-state index contributed by atoms with van der Waals surface area (Å²) in [5, 5.41) is 11.5. The molecular weight excluding hydrogens is 380 g/mol. The van der Waals surface area contributed by atoms with Gasteiger partial charge in [0.15, 0.2) is 0 Å². The molecule has 30 heavy (non-hydrogen) atoms. The molecule has 0 fully saturated rings. The molecule has 0 spiro atoms. The van der Waals surface area contributed by atoms with Gasteiger partial charge in [-0.05, 0) is 62.2 Å². The van der Waals surface area contributed by atoms with Crippen LogP contribution in [-0.2, 0) is 9.59 Å². The summed E-state index contributed by atoms with van der Waals surface area (Å²) in [7, 11) is 0. The van der Waals surface area contributed by atoms with E-state index in [1.54, 1.807) is 48.5 Å². The summed E-state index contributed by atoms with van der Waals surface area (Å²) in [4.78, 5) is 36.1. The number of anilines is 3. The van der Waals surface area contributed by atoms with E-state index in [9.17, 15) is 14.4 Å². The first-order chi connectivity index (χ1) is 14.2. The number of benzene rings is 2. The lowest BCUT2D eigenvalue weighted by molar-refractivity contribution is -0.117. The lowest BCUT2D eigenvalue weighted by Crippen LogP contribution is -2.30. The van der Waals surface area contributed by atoms with Gasteiger partial charge in [0.1, 0.15) is 0 Å². The summed E-state index contributed by atoms with van der Waals surface area (Å²) in [5.41, 5.74) is 2.54. The molecule has 7 heteroatoms. The minimum atomic E-state index is -0.219. The second-order valence-corrected chi connectivity index (χ2v) is 7.83. The van der Waals surface area contributed by atoms with Crippen LogP contribution in [0.4, 0.5) is 17.1 Å². The van der Waals surface area contributed by atoms with Gasteiger partial charge in [-0.25, -0.2) is 0 Å². The number of carbonyl (C=O) groups is 3. The van der Waals surface area contributed by atoms with Gasteiger partial charge in [0, 0.05) is 35.1 Å². The molecule has 0 saturated carbocycles. The third-order valence-electron chi connectivity index (χ3n) is 4.04. The van der Waals surface area contributed by atoms with Crippen molar-refractivity contribution in [3.63, 3.8) is 0 Å². The molecule has 0 saturated heterocycles. The second-order valence-electron chi connectivity index (χ2n) is 7.83. The molecule has 0 unspecified atom stereocenters. The summed E-state index contributed by atoms with van der Waals surface area (Å²) in [6.07, 6.45) is 0.463. The molecule has 0 aliphatic carbocycles. The van der Waals surface area contributed by atoms with Gasteiger partial charge in [-0.15, -0.1) is 0 Å². The van der Waals surface area contributed by atoms with Crippen LogP contribution in [0.5, 0.6) is 0 Å². The summed E-state index contributed by atoms with van der Waals surface area (Å²) < 4.78 is 0. The number of hydrogen-bond donors (Lipinski definition) is 4. The minimum absolute atomic E-state index is 0.0321. The molecule has 160 valence electrons. The van der Waals surface area contributed by atoms with Crippen LogP contribution in [0.25, 0.3) is 0 Å². The smallest absolute Gasteiger partial charge is 0.251 e. The van der Waals surface area contributed by atoms with Gasteiger partial charge >= 0.3 is 0 Å². The first-order valence-corrected chi connectivity index (χ1v) is 10.1. The van der Waals surface area contributed by atoms with Gasteiger partial charge in [0.05, 0.1) is 6.54 Å². The van der Waals surface area contributed by atoms with Crippen molar-refractivity contribution in [3.8, 4) is 0 Å². The van der Waals surface area contributed by atoms with Crippen LogP contribution in [0.1, 0.15) is 44.5 Å². The molecule has 0 atom stereocenters. The van der Waals surface area contributed by atoms with E-state index >= 15 is 0 Å². The maximum atomic E-state index is 12.2. The van der Waals surface area contributed by atoms with E-state index in [0.717, 1.165) is 0 Å². The first-order valence-electron chi connectivity index (χ1n) is 10.1. The third kappa shape index (κ3) is 7.95. The van der Waals surface area contributed by atoms with Crippen molar-refractivity contribution in [2.45, 2.75) is 40.2 Å². The fourth-order valence-corrected chi connectivity index (χ4v) is 2.72. The second kappa shape index (κ2) is 11.0. The van der Waals surface area contributed by atoms with E-state index in [4.69, 9.17) is 0 Å². The molecule has 2 aromatic carbocycles. The Morgan fingerprint density at radius 3 is 1.97 bits per heavy atom. The highest BCUT2D eigenvalue weighted by Gasteiger charge is 2.09. The van der Waals surface area contributed by atoms with E-state index in [1.165, 1.54) is 0 Å². The largest absolute Gasteiger partial charge is 0.376 e. The van der Waals surface area contributed by atoms with E-state index in [-0.39, 0.29) is 30.3 Å². The lowest BCUT2D eigenvalue weighted by atomic mass is 10.1. The highest BCUT2D eigenvalue weighted by Crippen LogP contribution is 2.15. The highest BCUT2D eigenvalue weighted by atomic mass is 16.2. The molecule has 0 heterocycles. The van der Waals surface area contributed by atoms with Crippen molar-refractivity contribution >= 4 is 34.8 Å². The Morgan fingerprint density at radius 1 is 0.800 bits per heavy atom. The van der Waals surface area contributed by atoms with Crippen LogP contribution in [0.3, 0.4) is 0 Å². The molecule has 4 N–H and O–H groups in total. The maximum absolute atomic E-state index is 12.2. The van der Waals surface area contributed by atoms with E-state index in [1.807, 2.05) is 27.7 Å². The molecule has 3 amide bonds. The predicted octanol–water partition coefficient (Wildman–Crippen LogP) is 3.86. The molecule has 2 rings (SSSR count). The zero-order valence-corrected chi connectivity index (χ0v) is 17.9. The Hall–Kier alpha value is -3.35. The van der Waals surface area contributed by atoms with Crippen LogP contribution < -0.4 is 21.3 Å². The van der Waals surface area contributed by atoms with Crippen LogP contribution in [0.2, 0.25) is 0 Å². The number of carbonyl (C=O) groups excluding carboxylic acids is 3. The molecule has 0 bridgehead atoms. The minimum Gasteiger partial charge on any atom is -0.376 e. The average molecular weight is 411 g/mol. The fourth-order valence-electron chi connectivity index (χ4n) is 2.72.